The maximum Gasteiger partial charge on any atom is 0.0656 e. The van der Waals surface area contributed by atoms with Crippen molar-refractivity contribution in [1.82, 2.24) is 0 Å². The van der Waals surface area contributed by atoms with Crippen LogP contribution in [0.15, 0.2) is 41.4 Å². The second-order valence-electron chi connectivity index (χ2n) is 3.63. The van der Waals surface area contributed by atoms with E-state index in [-0.39, 0.29) is 0 Å². The first-order chi connectivity index (χ1) is 8.56. The van der Waals surface area contributed by atoms with Crippen molar-refractivity contribution in [1.29, 1.82) is 0 Å². The van der Waals surface area contributed by atoms with E-state index in [1.54, 1.807) is 42.6 Å². The molecule has 0 aromatic heterocycles. The smallest absolute Gasteiger partial charge is 0.0656 e. The molecule has 0 fully saturated rings. The lowest BCUT2D eigenvalue weighted by atomic mass is 10.2. The van der Waals surface area contributed by atoms with Gasteiger partial charge in [0.1, 0.15) is 0 Å². The monoisotopic (exact) mass is 298 g/mol. The summed E-state index contributed by atoms with van der Waals surface area (Å²) in [6.07, 6.45) is 1.65. The lowest BCUT2D eigenvalue weighted by Crippen LogP contribution is -1.85. The Balaban J connectivity index is 2.27. The molecule has 92 valence electrons. The van der Waals surface area contributed by atoms with E-state index in [1.807, 2.05) is 0 Å². The van der Waals surface area contributed by atoms with Gasteiger partial charge in [0.25, 0.3) is 0 Å². The standard InChI is InChI=1S/C13H9Cl3N2/c14-9-2-1-8(11(15)5-9)7-18-10-3-4-13(17)12(16)6-10/h1-7H,17H2. The van der Waals surface area contributed by atoms with Crippen LogP contribution in [0.2, 0.25) is 15.1 Å². The molecule has 2 rings (SSSR count). The summed E-state index contributed by atoms with van der Waals surface area (Å²) in [5, 5.41) is 1.62. The minimum Gasteiger partial charge on any atom is -0.398 e. The molecule has 5 heteroatoms. The second kappa shape index (κ2) is 5.61. The molecule has 0 bridgehead atoms. The number of halogens is 3. The molecule has 0 aliphatic carbocycles. The zero-order chi connectivity index (χ0) is 13.1. The third-order valence-corrected chi connectivity index (χ3v) is 3.19. The van der Waals surface area contributed by atoms with Crippen molar-refractivity contribution in [3.05, 3.63) is 57.0 Å². The van der Waals surface area contributed by atoms with Gasteiger partial charge < -0.3 is 5.73 Å². The Hall–Kier alpha value is -1.22. The fourth-order valence-corrected chi connectivity index (χ4v) is 1.98. The van der Waals surface area contributed by atoms with Gasteiger partial charge in [-0.1, -0.05) is 40.9 Å². The van der Waals surface area contributed by atoms with E-state index in [0.717, 1.165) is 5.56 Å². The van der Waals surface area contributed by atoms with Crippen LogP contribution in [0, 0.1) is 0 Å². The molecule has 0 saturated carbocycles. The normalized spacial score (nSPS) is 11.1. The highest BCUT2D eigenvalue weighted by Crippen LogP contribution is 2.25. The molecule has 18 heavy (non-hydrogen) atoms. The fraction of sp³-hybridized carbons (Fsp3) is 0. The molecule has 2 N–H and O–H groups in total. The number of aliphatic imine (C=N–C) groups is 1. The van der Waals surface area contributed by atoms with Crippen LogP contribution in [-0.4, -0.2) is 6.21 Å². The molecular formula is C13H9Cl3N2. The Bertz CT molecular complexity index is 609. The highest BCUT2D eigenvalue weighted by atomic mass is 35.5. The van der Waals surface area contributed by atoms with Gasteiger partial charge in [-0.25, -0.2) is 0 Å². The Kier molecular flexibility index (Phi) is 4.12. The number of hydrogen-bond donors (Lipinski definition) is 1. The van der Waals surface area contributed by atoms with E-state index >= 15 is 0 Å². The maximum absolute atomic E-state index is 6.03. The van der Waals surface area contributed by atoms with Gasteiger partial charge in [0, 0.05) is 16.8 Å². The molecule has 0 amide bonds. The molecule has 2 aromatic carbocycles. The van der Waals surface area contributed by atoms with Crippen molar-refractivity contribution in [2.24, 2.45) is 4.99 Å². The summed E-state index contributed by atoms with van der Waals surface area (Å²) in [5.74, 6) is 0. The third kappa shape index (κ3) is 3.16. The summed E-state index contributed by atoms with van der Waals surface area (Å²) in [7, 11) is 0. The van der Waals surface area contributed by atoms with Crippen LogP contribution < -0.4 is 5.73 Å². The van der Waals surface area contributed by atoms with Gasteiger partial charge in [-0.15, -0.1) is 0 Å². The average Bonchev–Trinajstić information content (AvgIpc) is 2.32. The lowest BCUT2D eigenvalue weighted by molar-refractivity contribution is 1.52. The molecule has 0 aliphatic rings. The van der Waals surface area contributed by atoms with Crippen LogP contribution in [0.5, 0.6) is 0 Å². The zero-order valence-corrected chi connectivity index (χ0v) is 11.5. The summed E-state index contributed by atoms with van der Waals surface area (Å²) in [5.41, 5.74) is 7.64. The second-order valence-corrected chi connectivity index (χ2v) is 4.88. The first kappa shape index (κ1) is 13.2. The van der Waals surface area contributed by atoms with E-state index in [1.165, 1.54) is 0 Å². The van der Waals surface area contributed by atoms with E-state index in [4.69, 9.17) is 40.5 Å². The largest absolute Gasteiger partial charge is 0.398 e. The highest BCUT2D eigenvalue weighted by molar-refractivity contribution is 6.36. The first-order valence-corrected chi connectivity index (χ1v) is 6.24. The van der Waals surface area contributed by atoms with Crippen molar-refractivity contribution < 1.29 is 0 Å². The Labute approximate surface area is 120 Å². The van der Waals surface area contributed by atoms with Crippen LogP contribution in [0.3, 0.4) is 0 Å². The molecule has 0 aliphatic heterocycles. The number of nitrogens with zero attached hydrogens (tertiary/aromatic N) is 1. The summed E-state index contributed by atoms with van der Waals surface area (Å²) < 4.78 is 0. The molecule has 0 spiro atoms. The number of anilines is 1. The van der Waals surface area contributed by atoms with Gasteiger partial charge in [-0.05, 0) is 30.3 Å². The molecule has 2 aromatic rings. The number of nitrogen functional groups attached to an aromatic ring is 1. The van der Waals surface area contributed by atoms with Crippen LogP contribution in [0.1, 0.15) is 5.56 Å². The minimum absolute atomic E-state index is 0.479. The van der Waals surface area contributed by atoms with Crippen molar-refractivity contribution in [3.63, 3.8) is 0 Å². The number of benzene rings is 2. The third-order valence-electron chi connectivity index (χ3n) is 2.30. The van der Waals surface area contributed by atoms with Crippen LogP contribution >= 0.6 is 34.8 Å². The van der Waals surface area contributed by atoms with Gasteiger partial charge in [-0.3, -0.25) is 4.99 Å². The Morgan fingerprint density at radius 2 is 1.72 bits per heavy atom. The molecular weight excluding hydrogens is 291 g/mol. The molecule has 0 heterocycles. The van der Waals surface area contributed by atoms with Gasteiger partial charge >= 0.3 is 0 Å². The number of hydrogen-bond acceptors (Lipinski definition) is 2. The fourth-order valence-electron chi connectivity index (χ4n) is 1.35. The van der Waals surface area contributed by atoms with E-state index < -0.39 is 0 Å². The van der Waals surface area contributed by atoms with E-state index in [0.29, 0.717) is 26.4 Å². The number of rotatable bonds is 2. The van der Waals surface area contributed by atoms with Gasteiger partial charge in [0.05, 0.1) is 21.4 Å². The maximum atomic E-state index is 6.03. The van der Waals surface area contributed by atoms with E-state index in [9.17, 15) is 0 Å². The number of nitrogens with two attached hydrogens (primary N) is 1. The van der Waals surface area contributed by atoms with E-state index in [2.05, 4.69) is 4.99 Å². The van der Waals surface area contributed by atoms with Crippen molar-refractivity contribution in [2.45, 2.75) is 0 Å². The zero-order valence-electron chi connectivity index (χ0n) is 9.20. The summed E-state index contributed by atoms with van der Waals surface area (Å²) >= 11 is 17.7. The quantitative estimate of drug-likeness (QED) is 0.616. The van der Waals surface area contributed by atoms with Crippen LogP contribution in [0.25, 0.3) is 0 Å². The van der Waals surface area contributed by atoms with Crippen molar-refractivity contribution in [3.8, 4) is 0 Å². The molecule has 0 atom stereocenters. The van der Waals surface area contributed by atoms with Gasteiger partial charge in [-0.2, -0.15) is 0 Å². The topological polar surface area (TPSA) is 38.4 Å². The average molecular weight is 300 g/mol. The predicted molar refractivity (Wildman–Crippen MR) is 79.6 cm³/mol. The lowest BCUT2D eigenvalue weighted by Gasteiger charge is -2.00. The highest BCUT2D eigenvalue weighted by Gasteiger charge is 1.99. The molecule has 0 radical (unpaired) electrons. The Morgan fingerprint density at radius 3 is 2.39 bits per heavy atom. The predicted octanol–water partition coefficient (Wildman–Crippen LogP) is 4.98. The summed E-state index contributed by atoms with van der Waals surface area (Å²) in [4.78, 5) is 4.28. The summed E-state index contributed by atoms with van der Waals surface area (Å²) in [6, 6.07) is 10.4. The van der Waals surface area contributed by atoms with Crippen LogP contribution in [-0.2, 0) is 0 Å². The first-order valence-electron chi connectivity index (χ1n) is 5.10. The summed E-state index contributed by atoms with van der Waals surface area (Å²) in [6.45, 7) is 0. The minimum atomic E-state index is 0.479. The van der Waals surface area contributed by atoms with Gasteiger partial charge in [0.2, 0.25) is 0 Å². The van der Waals surface area contributed by atoms with Crippen molar-refractivity contribution >= 4 is 52.4 Å². The van der Waals surface area contributed by atoms with Crippen LogP contribution in [0.4, 0.5) is 11.4 Å². The molecule has 0 saturated heterocycles. The van der Waals surface area contributed by atoms with Gasteiger partial charge in [0.15, 0.2) is 0 Å². The van der Waals surface area contributed by atoms with Crippen molar-refractivity contribution in [2.75, 3.05) is 5.73 Å². The Morgan fingerprint density at radius 1 is 0.944 bits per heavy atom. The molecule has 2 nitrogen and oxygen atoms in total. The SMILES string of the molecule is Nc1ccc(N=Cc2ccc(Cl)cc2Cl)cc1Cl. The molecule has 0 unspecified atom stereocenters.